The van der Waals surface area contributed by atoms with Crippen LogP contribution in [0.4, 0.5) is 0 Å². The first-order valence-electron chi connectivity index (χ1n) is 7.83. The van der Waals surface area contributed by atoms with Crippen molar-refractivity contribution in [2.45, 2.75) is 39.0 Å². The average molecular weight is 272 g/mol. The molecule has 0 heterocycles. The molecular formula is C17H24N2O. The number of amides is 1. The largest absolute Gasteiger partial charge is 0.344 e. The first-order valence-corrected chi connectivity index (χ1v) is 7.83. The molecule has 0 radical (unpaired) electrons. The summed E-state index contributed by atoms with van der Waals surface area (Å²) in [6.07, 6.45) is 6.73. The van der Waals surface area contributed by atoms with E-state index in [0.717, 1.165) is 29.2 Å². The molecule has 0 aliphatic heterocycles. The zero-order chi connectivity index (χ0) is 14.4. The molecule has 0 atom stereocenters. The first-order chi connectivity index (χ1) is 9.51. The number of allylic oxidation sites excluding steroid dienone is 1. The van der Waals surface area contributed by atoms with Crippen molar-refractivity contribution in [3.05, 3.63) is 11.1 Å². The van der Waals surface area contributed by atoms with Crippen molar-refractivity contribution in [1.82, 2.24) is 4.90 Å². The Balaban J connectivity index is 1.92. The Kier molecular flexibility index (Phi) is 3.36. The second kappa shape index (κ2) is 4.91. The molecule has 20 heavy (non-hydrogen) atoms. The van der Waals surface area contributed by atoms with Crippen LogP contribution < -0.4 is 0 Å². The van der Waals surface area contributed by atoms with Gasteiger partial charge in [0.1, 0.15) is 11.6 Å². The van der Waals surface area contributed by atoms with E-state index in [-0.39, 0.29) is 5.91 Å². The van der Waals surface area contributed by atoms with Gasteiger partial charge in [0.2, 0.25) is 0 Å². The zero-order valence-corrected chi connectivity index (χ0v) is 12.7. The summed E-state index contributed by atoms with van der Waals surface area (Å²) in [7, 11) is 3.45. The molecule has 0 N–H and O–H groups in total. The standard InChI is InChI=1S/C17H24N2O/c1-10(15(9-18)17(20)19(2)3)16-13-5-11-4-12(7-13)8-14(16)6-11/h11-14,16H,4-8H2,1-3H3/b15-10+. The third-order valence-corrected chi connectivity index (χ3v) is 5.85. The van der Waals surface area contributed by atoms with Crippen LogP contribution in [0.5, 0.6) is 0 Å². The zero-order valence-electron chi connectivity index (χ0n) is 12.7. The second-order valence-corrected chi connectivity index (χ2v) is 7.33. The van der Waals surface area contributed by atoms with E-state index in [2.05, 4.69) is 6.07 Å². The van der Waals surface area contributed by atoms with E-state index >= 15 is 0 Å². The van der Waals surface area contributed by atoms with Crippen molar-refractivity contribution < 1.29 is 4.79 Å². The fourth-order valence-corrected chi connectivity index (χ4v) is 5.33. The van der Waals surface area contributed by atoms with Gasteiger partial charge >= 0.3 is 0 Å². The maximum Gasteiger partial charge on any atom is 0.263 e. The molecule has 1 amide bonds. The number of nitriles is 1. The van der Waals surface area contributed by atoms with E-state index in [4.69, 9.17) is 0 Å². The van der Waals surface area contributed by atoms with Crippen molar-refractivity contribution in [1.29, 1.82) is 5.26 Å². The van der Waals surface area contributed by atoms with E-state index in [9.17, 15) is 10.1 Å². The van der Waals surface area contributed by atoms with Crippen LogP contribution in [0.25, 0.3) is 0 Å². The Labute approximate surface area is 121 Å². The Morgan fingerprint density at radius 3 is 1.95 bits per heavy atom. The van der Waals surface area contributed by atoms with Crippen LogP contribution in [0.1, 0.15) is 39.0 Å². The van der Waals surface area contributed by atoms with Gasteiger partial charge in [0.05, 0.1) is 0 Å². The minimum Gasteiger partial charge on any atom is -0.344 e. The van der Waals surface area contributed by atoms with E-state index < -0.39 is 0 Å². The maximum atomic E-state index is 12.2. The summed E-state index contributed by atoms with van der Waals surface area (Å²) in [6.45, 7) is 2.03. The van der Waals surface area contributed by atoms with Gasteiger partial charge in [-0.2, -0.15) is 5.26 Å². The maximum absolute atomic E-state index is 12.2. The molecule has 0 saturated heterocycles. The third kappa shape index (κ3) is 2.06. The summed E-state index contributed by atoms with van der Waals surface area (Å²) >= 11 is 0. The Hall–Kier alpha value is -1.30. The average Bonchev–Trinajstić information content (AvgIpc) is 2.37. The second-order valence-electron chi connectivity index (χ2n) is 7.33. The molecular weight excluding hydrogens is 248 g/mol. The third-order valence-electron chi connectivity index (χ3n) is 5.85. The highest BCUT2D eigenvalue weighted by Crippen LogP contribution is 2.58. The summed E-state index contributed by atoms with van der Waals surface area (Å²) in [4.78, 5) is 13.7. The highest BCUT2D eigenvalue weighted by atomic mass is 16.2. The monoisotopic (exact) mass is 272 g/mol. The van der Waals surface area contributed by atoms with Crippen LogP contribution in [0.3, 0.4) is 0 Å². The molecule has 4 bridgehead atoms. The molecule has 0 aromatic heterocycles. The smallest absolute Gasteiger partial charge is 0.263 e. The SMILES string of the molecule is C/C(=C(/C#N)C(=O)N(C)C)C1C2CC3CC(C2)CC1C3. The number of hydrogen-bond donors (Lipinski definition) is 0. The number of hydrogen-bond acceptors (Lipinski definition) is 2. The van der Waals surface area contributed by atoms with Gasteiger partial charge < -0.3 is 4.90 Å². The van der Waals surface area contributed by atoms with Crippen molar-refractivity contribution in [2.24, 2.45) is 29.6 Å². The molecule has 0 aromatic carbocycles. The summed E-state index contributed by atoms with van der Waals surface area (Å²) < 4.78 is 0. The molecule has 4 fully saturated rings. The quantitative estimate of drug-likeness (QED) is 0.573. The van der Waals surface area contributed by atoms with E-state index in [1.165, 1.54) is 37.0 Å². The molecule has 4 aliphatic carbocycles. The predicted octanol–water partition coefficient (Wildman–Crippen LogP) is 2.99. The van der Waals surface area contributed by atoms with Gasteiger partial charge in [-0.15, -0.1) is 0 Å². The van der Waals surface area contributed by atoms with Crippen LogP contribution in [-0.4, -0.2) is 24.9 Å². The minimum atomic E-state index is -0.126. The van der Waals surface area contributed by atoms with Gasteiger partial charge in [0.25, 0.3) is 5.91 Å². The Morgan fingerprint density at radius 1 is 1.05 bits per heavy atom. The molecule has 108 valence electrons. The lowest BCUT2D eigenvalue weighted by molar-refractivity contribution is -0.124. The van der Waals surface area contributed by atoms with Crippen LogP contribution in [-0.2, 0) is 4.79 Å². The number of carbonyl (C=O) groups excluding carboxylic acids is 1. The van der Waals surface area contributed by atoms with Gasteiger partial charge in [-0.05, 0) is 74.2 Å². The highest BCUT2D eigenvalue weighted by molar-refractivity contribution is 5.97. The molecule has 0 spiro atoms. The molecule has 3 heteroatoms. The topological polar surface area (TPSA) is 44.1 Å². The summed E-state index contributed by atoms with van der Waals surface area (Å²) in [5.41, 5.74) is 1.47. The van der Waals surface area contributed by atoms with Gasteiger partial charge in [0.15, 0.2) is 0 Å². The lowest BCUT2D eigenvalue weighted by Gasteiger charge is -2.55. The fourth-order valence-electron chi connectivity index (χ4n) is 5.33. The van der Waals surface area contributed by atoms with Gasteiger partial charge in [-0.1, -0.05) is 0 Å². The van der Waals surface area contributed by atoms with Crippen LogP contribution in [0.15, 0.2) is 11.1 Å². The van der Waals surface area contributed by atoms with E-state index in [1.807, 2.05) is 6.92 Å². The molecule has 0 unspecified atom stereocenters. The summed E-state index contributed by atoms with van der Waals surface area (Å²) in [5.74, 6) is 3.67. The number of carbonyl (C=O) groups is 1. The van der Waals surface area contributed by atoms with Gasteiger partial charge in [-0.3, -0.25) is 4.79 Å². The van der Waals surface area contributed by atoms with E-state index in [1.54, 1.807) is 14.1 Å². The number of nitrogens with zero attached hydrogens (tertiary/aromatic N) is 2. The van der Waals surface area contributed by atoms with Crippen molar-refractivity contribution >= 4 is 5.91 Å². The fraction of sp³-hybridized carbons (Fsp3) is 0.765. The summed E-state index contributed by atoms with van der Waals surface area (Å²) in [5, 5.41) is 9.42. The molecule has 3 nitrogen and oxygen atoms in total. The van der Waals surface area contributed by atoms with Crippen molar-refractivity contribution in [3.63, 3.8) is 0 Å². The van der Waals surface area contributed by atoms with Crippen LogP contribution in [0.2, 0.25) is 0 Å². The van der Waals surface area contributed by atoms with Gasteiger partial charge in [0, 0.05) is 14.1 Å². The molecule has 0 aromatic rings. The highest BCUT2D eigenvalue weighted by Gasteiger charge is 2.49. The van der Waals surface area contributed by atoms with Crippen LogP contribution in [0, 0.1) is 40.9 Å². The van der Waals surface area contributed by atoms with Crippen molar-refractivity contribution in [3.8, 4) is 6.07 Å². The minimum absolute atomic E-state index is 0.126. The Morgan fingerprint density at radius 2 is 1.55 bits per heavy atom. The van der Waals surface area contributed by atoms with Crippen molar-refractivity contribution in [2.75, 3.05) is 14.1 Å². The Bertz CT molecular complexity index is 470. The molecule has 4 saturated carbocycles. The molecule has 4 rings (SSSR count). The van der Waals surface area contributed by atoms with Crippen LogP contribution >= 0.6 is 0 Å². The van der Waals surface area contributed by atoms with E-state index in [0.29, 0.717) is 11.5 Å². The molecule has 4 aliphatic rings. The van der Waals surface area contributed by atoms with Gasteiger partial charge in [-0.25, -0.2) is 0 Å². The number of likely N-dealkylation sites (N-methyl/N-ethyl adjacent to an activating group) is 1. The predicted molar refractivity (Wildman–Crippen MR) is 77.5 cm³/mol. The first kappa shape index (κ1) is 13.7. The summed E-state index contributed by atoms with van der Waals surface area (Å²) in [6, 6.07) is 2.18. The lowest BCUT2D eigenvalue weighted by Crippen LogP contribution is -2.46. The normalized spacial score (nSPS) is 39.2. The lowest BCUT2D eigenvalue weighted by atomic mass is 9.50. The number of rotatable bonds is 2.